The van der Waals surface area contributed by atoms with Gasteiger partial charge in [0, 0.05) is 0 Å². The second kappa shape index (κ2) is 9.44. The third kappa shape index (κ3) is 5.94. The van der Waals surface area contributed by atoms with Gasteiger partial charge in [-0.15, -0.1) is 6.58 Å². The molecule has 0 rings (SSSR count). The number of carbonyl (C=O) groups excluding carboxylic acids is 1. The minimum atomic E-state index is -0.0214. The Labute approximate surface area is 100 Å². The van der Waals surface area contributed by atoms with Crippen molar-refractivity contribution < 1.29 is 9.53 Å². The zero-order valence-electron chi connectivity index (χ0n) is 11.0. The van der Waals surface area contributed by atoms with E-state index in [1.165, 1.54) is 0 Å². The quantitative estimate of drug-likeness (QED) is 0.439. The fourth-order valence-corrected chi connectivity index (χ4v) is 1.74. The van der Waals surface area contributed by atoms with Crippen LogP contribution in [0.2, 0.25) is 0 Å². The van der Waals surface area contributed by atoms with Gasteiger partial charge in [-0.05, 0) is 31.6 Å². The van der Waals surface area contributed by atoms with Crippen LogP contribution in [-0.4, -0.2) is 12.6 Å². The van der Waals surface area contributed by atoms with E-state index >= 15 is 0 Å². The molecule has 2 heteroatoms. The van der Waals surface area contributed by atoms with Crippen LogP contribution in [0.5, 0.6) is 0 Å². The van der Waals surface area contributed by atoms with Crippen LogP contribution in [0.3, 0.4) is 0 Å². The van der Waals surface area contributed by atoms with Crippen LogP contribution in [0.4, 0.5) is 0 Å². The first-order valence-electron chi connectivity index (χ1n) is 6.46. The highest BCUT2D eigenvalue weighted by Gasteiger charge is 2.18. The van der Waals surface area contributed by atoms with Gasteiger partial charge in [0.1, 0.15) is 0 Å². The maximum Gasteiger partial charge on any atom is 0.308 e. The number of ether oxygens (including phenoxy) is 1. The maximum atomic E-state index is 11.7. The van der Waals surface area contributed by atoms with Crippen molar-refractivity contribution in [2.45, 2.75) is 52.9 Å². The van der Waals surface area contributed by atoms with Gasteiger partial charge in [0.05, 0.1) is 12.5 Å². The van der Waals surface area contributed by atoms with Crippen LogP contribution in [0.1, 0.15) is 52.9 Å². The van der Waals surface area contributed by atoms with Crippen LogP contribution in [0, 0.1) is 11.8 Å². The highest BCUT2D eigenvalue weighted by Crippen LogP contribution is 2.15. The molecule has 2 atom stereocenters. The number of allylic oxidation sites excluding steroid dienone is 1. The molecule has 0 radical (unpaired) electrons. The normalized spacial score (nSPS) is 14.2. The molecule has 0 heterocycles. The Morgan fingerprint density at radius 2 is 2.00 bits per heavy atom. The molecular weight excluding hydrogens is 200 g/mol. The Bertz CT molecular complexity index is 199. The van der Waals surface area contributed by atoms with Gasteiger partial charge >= 0.3 is 5.97 Å². The predicted octanol–water partition coefficient (Wildman–Crippen LogP) is 3.96. The van der Waals surface area contributed by atoms with E-state index in [2.05, 4.69) is 20.4 Å². The van der Waals surface area contributed by atoms with Gasteiger partial charge < -0.3 is 4.74 Å². The van der Waals surface area contributed by atoms with Crippen LogP contribution in [0.15, 0.2) is 12.7 Å². The molecule has 0 bridgehead atoms. The summed E-state index contributed by atoms with van der Waals surface area (Å²) < 4.78 is 5.37. The molecule has 2 nitrogen and oxygen atoms in total. The van der Waals surface area contributed by atoms with Crippen molar-refractivity contribution in [2.75, 3.05) is 6.61 Å². The standard InChI is InChI=1S/C14H26O2/c1-5-9-12(7-3)11-16-14(15)13(8-4)10-6-2/h5,12-13H,1,6-11H2,2-4H3. The van der Waals surface area contributed by atoms with E-state index in [0.29, 0.717) is 12.5 Å². The summed E-state index contributed by atoms with van der Waals surface area (Å²) in [7, 11) is 0. The summed E-state index contributed by atoms with van der Waals surface area (Å²) >= 11 is 0. The fourth-order valence-electron chi connectivity index (χ4n) is 1.74. The third-order valence-corrected chi connectivity index (χ3v) is 3.00. The van der Waals surface area contributed by atoms with Crippen molar-refractivity contribution in [1.82, 2.24) is 0 Å². The van der Waals surface area contributed by atoms with Gasteiger partial charge in [0.2, 0.25) is 0 Å². The summed E-state index contributed by atoms with van der Waals surface area (Å²) in [6, 6.07) is 0. The maximum absolute atomic E-state index is 11.7. The molecule has 2 unspecified atom stereocenters. The van der Waals surface area contributed by atoms with Crippen molar-refractivity contribution in [1.29, 1.82) is 0 Å². The first kappa shape index (κ1) is 15.2. The highest BCUT2D eigenvalue weighted by atomic mass is 16.5. The lowest BCUT2D eigenvalue weighted by molar-refractivity contribution is -0.150. The van der Waals surface area contributed by atoms with Crippen LogP contribution >= 0.6 is 0 Å². The Kier molecular flexibility index (Phi) is 8.97. The van der Waals surface area contributed by atoms with Crippen molar-refractivity contribution in [3.8, 4) is 0 Å². The lowest BCUT2D eigenvalue weighted by Crippen LogP contribution is -2.20. The predicted molar refractivity (Wildman–Crippen MR) is 68.2 cm³/mol. The van der Waals surface area contributed by atoms with Crippen LogP contribution in [-0.2, 0) is 9.53 Å². The van der Waals surface area contributed by atoms with Gasteiger partial charge in [0.25, 0.3) is 0 Å². The summed E-state index contributed by atoms with van der Waals surface area (Å²) in [4.78, 5) is 11.7. The van der Waals surface area contributed by atoms with Gasteiger partial charge in [-0.2, -0.15) is 0 Å². The number of hydrogen-bond donors (Lipinski definition) is 0. The second-order valence-electron chi connectivity index (χ2n) is 4.32. The van der Waals surface area contributed by atoms with E-state index < -0.39 is 0 Å². The Balaban J connectivity index is 3.97. The van der Waals surface area contributed by atoms with E-state index in [0.717, 1.165) is 32.1 Å². The minimum Gasteiger partial charge on any atom is -0.465 e. The van der Waals surface area contributed by atoms with Crippen molar-refractivity contribution in [2.24, 2.45) is 11.8 Å². The number of hydrogen-bond acceptors (Lipinski definition) is 2. The zero-order valence-corrected chi connectivity index (χ0v) is 11.0. The summed E-state index contributed by atoms with van der Waals surface area (Å²) in [5.74, 6) is 0.499. The second-order valence-corrected chi connectivity index (χ2v) is 4.32. The molecule has 16 heavy (non-hydrogen) atoms. The molecule has 94 valence electrons. The molecule has 0 aliphatic carbocycles. The van der Waals surface area contributed by atoms with E-state index in [1.54, 1.807) is 0 Å². The molecule has 0 spiro atoms. The lowest BCUT2D eigenvalue weighted by Gasteiger charge is -2.17. The Morgan fingerprint density at radius 1 is 1.31 bits per heavy atom. The first-order valence-corrected chi connectivity index (χ1v) is 6.46. The lowest BCUT2D eigenvalue weighted by atomic mass is 10.0. The summed E-state index contributed by atoms with van der Waals surface area (Å²) in [5, 5.41) is 0. The first-order chi connectivity index (χ1) is 7.69. The molecule has 0 saturated carbocycles. The van der Waals surface area contributed by atoms with Crippen molar-refractivity contribution in [3.05, 3.63) is 12.7 Å². The number of rotatable bonds is 9. The molecule has 0 fully saturated rings. The van der Waals surface area contributed by atoms with E-state index in [1.807, 2.05) is 13.0 Å². The zero-order chi connectivity index (χ0) is 12.4. The van der Waals surface area contributed by atoms with Gasteiger partial charge in [0.15, 0.2) is 0 Å². The van der Waals surface area contributed by atoms with Gasteiger partial charge in [-0.25, -0.2) is 0 Å². The molecule has 0 saturated heterocycles. The molecule has 0 aromatic rings. The Hall–Kier alpha value is -0.790. The number of carbonyl (C=O) groups is 1. The summed E-state index contributed by atoms with van der Waals surface area (Å²) in [5.41, 5.74) is 0. The molecule has 0 aromatic heterocycles. The monoisotopic (exact) mass is 226 g/mol. The molecule has 0 aliphatic heterocycles. The van der Waals surface area contributed by atoms with Gasteiger partial charge in [-0.1, -0.05) is 33.3 Å². The third-order valence-electron chi connectivity index (χ3n) is 3.00. The van der Waals surface area contributed by atoms with E-state index in [9.17, 15) is 4.79 Å². The molecule has 0 N–H and O–H groups in total. The topological polar surface area (TPSA) is 26.3 Å². The number of esters is 1. The average molecular weight is 226 g/mol. The smallest absolute Gasteiger partial charge is 0.308 e. The highest BCUT2D eigenvalue weighted by molar-refractivity contribution is 5.72. The van der Waals surface area contributed by atoms with Crippen molar-refractivity contribution >= 4 is 5.97 Å². The van der Waals surface area contributed by atoms with Crippen LogP contribution in [0.25, 0.3) is 0 Å². The van der Waals surface area contributed by atoms with E-state index in [-0.39, 0.29) is 11.9 Å². The average Bonchev–Trinajstić information content (AvgIpc) is 2.30. The minimum absolute atomic E-state index is 0.0214. The summed E-state index contributed by atoms with van der Waals surface area (Å²) in [6.07, 6.45) is 6.71. The largest absolute Gasteiger partial charge is 0.465 e. The molecule has 0 amide bonds. The SMILES string of the molecule is C=CCC(CC)COC(=O)C(CC)CCC. The van der Waals surface area contributed by atoms with Crippen LogP contribution < -0.4 is 0 Å². The molecule has 0 aliphatic rings. The molecular formula is C14H26O2. The fraction of sp³-hybridized carbons (Fsp3) is 0.786. The summed E-state index contributed by atoms with van der Waals surface area (Å²) in [6.45, 7) is 10.5. The van der Waals surface area contributed by atoms with Gasteiger partial charge in [-0.3, -0.25) is 4.79 Å². The van der Waals surface area contributed by atoms with Crippen molar-refractivity contribution in [3.63, 3.8) is 0 Å². The molecule has 0 aromatic carbocycles. The Morgan fingerprint density at radius 3 is 2.44 bits per heavy atom. The van der Waals surface area contributed by atoms with E-state index in [4.69, 9.17) is 4.74 Å².